The van der Waals surface area contributed by atoms with Gasteiger partial charge in [0.1, 0.15) is 6.54 Å². The fraction of sp³-hybridized carbons (Fsp3) is 0.571. The zero-order chi connectivity index (χ0) is 10.7. The van der Waals surface area contributed by atoms with E-state index >= 15 is 0 Å². The Hall–Kier alpha value is -0.820. The highest BCUT2D eigenvalue weighted by atomic mass is 15.6. The van der Waals surface area contributed by atoms with Crippen LogP contribution < -0.4 is 0 Å². The maximum Gasteiger partial charge on any atom is 0.155 e. The lowest BCUT2D eigenvalue weighted by Gasteiger charge is -2.28. The number of quaternary nitrogens is 1. The maximum atomic E-state index is 2.47. The molecule has 1 aromatic carbocycles. The van der Waals surface area contributed by atoms with Crippen LogP contribution in [0.1, 0.15) is 25.8 Å². The second kappa shape index (κ2) is 2.46. The molecule has 0 bridgehead atoms. The molecule has 2 saturated heterocycles. The number of hydrogen-bond donors (Lipinski definition) is 0. The first-order chi connectivity index (χ1) is 7.02. The Morgan fingerprint density at radius 1 is 1.13 bits per heavy atom. The molecule has 1 heteroatoms. The molecule has 1 nitrogen and oxygen atoms in total. The van der Waals surface area contributed by atoms with Gasteiger partial charge in [-0.15, -0.1) is 0 Å². The third-order valence-electron chi connectivity index (χ3n) is 5.45. The Labute approximate surface area is 92.3 Å². The summed E-state index contributed by atoms with van der Waals surface area (Å²) in [6.07, 6.45) is 1.34. The molecule has 0 radical (unpaired) electrons. The summed E-state index contributed by atoms with van der Waals surface area (Å²) in [5.74, 6) is 0. The van der Waals surface area contributed by atoms with Crippen molar-refractivity contribution < 1.29 is 4.48 Å². The largest absolute Gasteiger partial charge is 0.311 e. The van der Waals surface area contributed by atoms with Crippen LogP contribution in [0.25, 0.3) is 0 Å². The summed E-state index contributed by atoms with van der Waals surface area (Å²) in [6.45, 7) is 7.63. The highest BCUT2D eigenvalue weighted by molar-refractivity contribution is 5.32. The molecule has 3 unspecified atom stereocenters. The molecule has 0 saturated carbocycles. The first-order valence-corrected chi connectivity index (χ1v) is 5.92. The van der Waals surface area contributed by atoms with Crippen molar-refractivity contribution in [2.45, 2.75) is 31.2 Å². The van der Waals surface area contributed by atoms with E-state index in [0.29, 0.717) is 11.0 Å². The standard InChI is InChI=1S/C14H20N/c1-13(12-7-5-4-6-8-12)9-10-15(3)11-14(13,15)2/h4-8H,9-11H2,1-3H3/q+1. The zero-order valence-electron chi connectivity index (χ0n) is 9.96. The molecule has 2 heterocycles. The highest BCUT2D eigenvalue weighted by Gasteiger charge is 2.76. The lowest BCUT2D eigenvalue weighted by atomic mass is 9.71. The van der Waals surface area contributed by atoms with E-state index in [0.717, 1.165) is 0 Å². The summed E-state index contributed by atoms with van der Waals surface area (Å²) in [4.78, 5) is 0. The Balaban J connectivity index is 2.07. The quantitative estimate of drug-likeness (QED) is 0.485. The van der Waals surface area contributed by atoms with Crippen molar-refractivity contribution in [3.05, 3.63) is 35.9 Å². The average molecular weight is 202 g/mol. The Morgan fingerprint density at radius 3 is 2.27 bits per heavy atom. The zero-order valence-corrected chi connectivity index (χ0v) is 9.96. The lowest BCUT2D eigenvalue weighted by molar-refractivity contribution is -0.796. The second-order valence-corrected chi connectivity index (χ2v) is 6.00. The van der Waals surface area contributed by atoms with Crippen LogP contribution in [0.4, 0.5) is 0 Å². The van der Waals surface area contributed by atoms with Gasteiger partial charge >= 0.3 is 0 Å². The summed E-state index contributed by atoms with van der Waals surface area (Å²) in [6, 6.07) is 11.1. The Bertz CT molecular complexity index is 395. The van der Waals surface area contributed by atoms with Gasteiger partial charge < -0.3 is 4.48 Å². The molecule has 0 aliphatic carbocycles. The number of benzene rings is 1. The highest BCUT2D eigenvalue weighted by Crippen LogP contribution is 2.61. The van der Waals surface area contributed by atoms with E-state index in [1.54, 1.807) is 0 Å². The molecule has 2 fully saturated rings. The van der Waals surface area contributed by atoms with Crippen molar-refractivity contribution in [3.8, 4) is 0 Å². The van der Waals surface area contributed by atoms with E-state index in [2.05, 4.69) is 51.2 Å². The molecule has 3 atom stereocenters. The first-order valence-electron chi connectivity index (χ1n) is 5.92. The van der Waals surface area contributed by atoms with Gasteiger partial charge in [0.15, 0.2) is 5.54 Å². The molecular weight excluding hydrogens is 182 g/mol. The van der Waals surface area contributed by atoms with Crippen LogP contribution in [0, 0.1) is 0 Å². The number of nitrogens with zero attached hydrogens (tertiary/aromatic N) is 1. The monoisotopic (exact) mass is 202 g/mol. The van der Waals surface area contributed by atoms with Crippen LogP contribution in [0.3, 0.4) is 0 Å². The third kappa shape index (κ3) is 0.926. The van der Waals surface area contributed by atoms with Crippen molar-refractivity contribution >= 4 is 0 Å². The van der Waals surface area contributed by atoms with E-state index in [-0.39, 0.29) is 0 Å². The third-order valence-corrected chi connectivity index (χ3v) is 5.45. The summed E-state index contributed by atoms with van der Waals surface area (Å²) >= 11 is 0. The van der Waals surface area contributed by atoms with Gasteiger partial charge in [-0.05, 0) is 19.4 Å². The fourth-order valence-electron chi connectivity index (χ4n) is 3.74. The molecule has 2 aliphatic heterocycles. The predicted octanol–water partition coefficient (Wildman–Crippen LogP) is 2.57. The molecule has 0 amide bonds. The minimum absolute atomic E-state index is 0.392. The molecule has 1 aromatic rings. The van der Waals surface area contributed by atoms with E-state index in [9.17, 15) is 0 Å². The van der Waals surface area contributed by atoms with Crippen LogP contribution in [-0.2, 0) is 5.41 Å². The Kier molecular flexibility index (Phi) is 1.54. The molecule has 0 spiro atoms. The first kappa shape index (κ1) is 9.41. The molecular formula is C14H20N+. The predicted molar refractivity (Wildman–Crippen MR) is 62.7 cm³/mol. The van der Waals surface area contributed by atoms with E-state index in [1.807, 2.05) is 0 Å². The number of rotatable bonds is 1. The van der Waals surface area contributed by atoms with Gasteiger partial charge in [-0.3, -0.25) is 0 Å². The second-order valence-electron chi connectivity index (χ2n) is 6.00. The van der Waals surface area contributed by atoms with Crippen LogP contribution in [0.15, 0.2) is 30.3 Å². The number of fused-ring (bicyclic) bond motifs is 1. The lowest BCUT2D eigenvalue weighted by Crippen LogP contribution is -2.37. The van der Waals surface area contributed by atoms with Crippen molar-refractivity contribution in [2.75, 3.05) is 20.1 Å². The normalized spacial score (nSPS) is 47.7. The van der Waals surface area contributed by atoms with Crippen molar-refractivity contribution in [2.24, 2.45) is 0 Å². The Morgan fingerprint density at radius 2 is 1.80 bits per heavy atom. The van der Waals surface area contributed by atoms with Crippen LogP contribution in [-0.4, -0.2) is 30.2 Å². The minimum atomic E-state index is 0.392. The smallest absolute Gasteiger partial charge is 0.155 e. The van der Waals surface area contributed by atoms with Gasteiger partial charge in [-0.1, -0.05) is 30.3 Å². The van der Waals surface area contributed by atoms with Gasteiger partial charge in [-0.2, -0.15) is 0 Å². The van der Waals surface area contributed by atoms with Crippen molar-refractivity contribution in [3.63, 3.8) is 0 Å². The molecule has 3 rings (SSSR count). The SMILES string of the molecule is CC1(c2ccccc2)CC[N+]2(C)CC12C. The van der Waals surface area contributed by atoms with Gasteiger partial charge in [0, 0.05) is 6.42 Å². The van der Waals surface area contributed by atoms with Crippen molar-refractivity contribution in [1.29, 1.82) is 0 Å². The average Bonchev–Trinajstić information content (AvgIpc) is 2.75. The van der Waals surface area contributed by atoms with Crippen LogP contribution in [0.5, 0.6) is 0 Å². The van der Waals surface area contributed by atoms with Gasteiger partial charge in [0.2, 0.25) is 0 Å². The van der Waals surface area contributed by atoms with E-state index < -0.39 is 0 Å². The fourth-order valence-corrected chi connectivity index (χ4v) is 3.74. The van der Waals surface area contributed by atoms with Crippen LogP contribution in [0.2, 0.25) is 0 Å². The summed E-state index contributed by atoms with van der Waals surface area (Å²) in [7, 11) is 2.41. The molecule has 15 heavy (non-hydrogen) atoms. The van der Waals surface area contributed by atoms with Gasteiger partial charge in [0.25, 0.3) is 0 Å². The van der Waals surface area contributed by atoms with Gasteiger partial charge in [0.05, 0.1) is 19.0 Å². The summed E-state index contributed by atoms with van der Waals surface area (Å²) in [5, 5.41) is 0. The van der Waals surface area contributed by atoms with E-state index in [4.69, 9.17) is 0 Å². The molecule has 2 aliphatic rings. The van der Waals surface area contributed by atoms with E-state index in [1.165, 1.54) is 29.6 Å². The topological polar surface area (TPSA) is 0 Å². The van der Waals surface area contributed by atoms with Crippen molar-refractivity contribution in [1.82, 2.24) is 0 Å². The number of piperidine rings is 1. The van der Waals surface area contributed by atoms with Gasteiger partial charge in [-0.25, -0.2) is 0 Å². The van der Waals surface area contributed by atoms with Crippen LogP contribution >= 0.6 is 0 Å². The summed E-state index contributed by atoms with van der Waals surface area (Å²) in [5.41, 5.74) is 2.42. The number of hydrogen-bond acceptors (Lipinski definition) is 0. The minimum Gasteiger partial charge on any atom is -0.311 e. The molecule has 80 valence electrons. The molecule has 0 aromatic heterocycles. The maximum absolute atomic E-state index is 2.47. The summed E-state index contributed by atoms with van der Waals surface area (Å²) < 4.78 is 1.29. The molecule has 0 N–H and O–H groups in total. The number of likely N-dealkylation sites (N-methyl/N-ethyl adjacent to an activating group) is 1.